The molecule has 1 saturated heterocycles. The summed E-state index contributed by atoms with van der Waals surface area (Å²) in [6, 6.07) is -0.367. The van der Waals surface area contributed by atoms with E-state index in [0.717, 1.165) is 13.0 Å². The zero-order valence-electron chi connectivity index (χ0n) is 9.62. The van der Waals surface area contributed by atoms with Crippen LogP contribution in [0.5, 0.6) is 0 Å². The minimum absolute atomic E-state index is 0.0871. The molecule has 0 radical (unpaired) electrons. The summed E-state index contributed by atoms with van der Waals surface area (Å²) in [4.78, 5) is 33.7. The van der Waals surface area contributed by atoms with Crippen LogP contribution in [0.4, 0.5) is 0 Å². The molecule has 1 rings (SSSR count). The van der Waals surface area contributed by atoms with Crippen molar-refractivity contribution in [2.75, 3.05) is 6.54 Å². The molecule has 1 unspecified atom stereocenters. The first-order valence-electron chi connectivity index (χ1n) is 5.49. The van der Waals surface area contributed by atoms with Gasteiger partial charge in [-0.15, -0.1) is 0 Å². The molecule has 1 heterocycles. The average molecular weight is 227 g/mol. The van der Waals surface area contributed by atoms with Crippen molar-refractivity contribution in [1.29, 1.82) is 0 Å². The van der Waals surface area contributed by atoms with E-state index < -0.39 is 17.9 Å². The van der Waals surface area contributed by atoms with Gasteiger partial charge in [0.2, 0.25) is 0 Å². The van der Waals surface area contributed by atoms with Crippen molar-refractivity contribution in [3.8, 4) is 0 Å². The molecule has 1 aliphatic heterocycles. The Morgan fingerprint density at radius 3 is 2.62 bits per heavy atom. The summed E-state index contributed by atoms with van der Waals surface area (Å²) in [7, 11) is 0. The molecule has 0 amide bonds. The molecule has 0 aromatic carbocycles. The first kappa shape index (κ1) is 12.8. The summed E-state index contributed by atoms with van der Waals surface area (Å²) in [5.74, 6) is -1.79. The number of ether oxygens (including phenoxy) is 1. The third-order valence-corrected chi connectivity index (χ3v) is 2.54. The van der Waals surface area contributed by atoms with E-state index in [1.807, 2.05) is 0 Å². The Morgan fingerprint density at radius 1 is 1.44 bits per heavy atom. The zero-order chi connectivity index (χ0) is 12.1. The van der Waals surface area contributed by atoms with Crippen molar-refractivity contribution < 1.29 is 19.1 Å². The topological polar surface area (TPSA) is 72.5 Å². The maximum Gasteiger partial charge on any atom is 0.330 e. The lowest BCUT2D eigenvalue weighted by molar-refractivity contribution is -0.164. The predicted octanol–water partition coefficient (Wildman–Crippen LogP) is 0.423. The van der Waals surface area contributed by atoms with Gasteiger partial charge in [-0.3, -0.25) is 4.79 Å². The van der Waals surface area contributed by atoms with Crippen molar-refractivity contribution >= 4 is 17.7 Å². The van der Waals surface area contributed by atoms with Crippen LogP contribution in [0.25, 0.3) is 0 Å². The number of hydrogen-bond donors (Lipinski definition) is 1. The Hall–Kier alpha value is -1.23. The van der Waals surface area contributed by atoms with Crippen molar-refractivity contribution in [2.45, 2.75) is 39.2 Å². The number of carbonyl (C=O) groups is 3. The maximum absolute atomic E-state index is 11.5. The molecule has 16 heavy (non-hydrogen) atoms. The Balaban J connectivity index is 2.37. The van der Waals surface area contributed by atoms with Crippen LogP contribution in [0.3, 0.4) is 0 Å². The molecule has 0 bridgehead atoms. The fraction of sp³-hybridized carbons (Fsp3) is 0.727. The Labute approximate surface area is 94.5 Å². The number of hydrogen-bond acceptors (Lipinski definition) is 5. The molecule has 0 aliphatic carbocycles. The molecule has 1 N–H and O–H groups in total. The van der Waals surface area contributed by atoms with Gasteiger partial charge in [-0.2, -0.15) is 0 Å². The second kappa shape index (κ2) is 5.75. The number of Topliss-reactive ketones (excluding diaryl/α,β-unsaturated/α-hetero) is 1. The highest BCUT2D eigenvalue weighted by Gasteiger charge is 2.27. The summed E-state index contributed by atoms with van der Waals surface area (Å²) in [6.07, 6.45) is 1.73. The molecule has 90 valence electrons. The molecule has 0 spiro atoms. The van der Waals surface area contributed by atoms with Crippen LogP contribution in [0.15, 0.2) is 0 Å². The summed E-state index contributed by atoms with van der Waals surface area (Å²) in [5.41, 5.74) is 0. The van der Waals surface area contributed by atoms with Crippen LogP contribution in [0.2, 0.25) is 0 Å². The van der Waals surface area contributed by atoms with Gasteiger partial charge in [0.25, 0.3) is 0 Å². The van der Waals surface area contributed by atoms with Crippen molar-refractivity contribution in [2.24, 2.45) is 5.92 Å². The smallest absolute Gasteiger partial charge is 0.330 e. The van der Waals surface area contributed by atoms with Gasteiger partial charge >= 0.3 is 11.9 Å². The molecular formula is C11H17NO4. The molecule has 0 aromatic heterocycles. The average Bonchev–Trinajstić information content (AvgIpc) is 2.68. The van der Waals surface area contributed by atoms with E-state index in [2.05, 4.69) is 5.32 Å². The number of ketones is 1. The second-order valence-corrected chi connectivity index (χ2v) is 4.20. The SMILES string of the molecule is CC(=O)CC(C)C(=O)OC(=O)[C@@H]1CCCN1. The van der Waals surface area contributed by atoms with Gasteiger partial charge in [0, 0.05) is 6.42 Å². The van der Waals surface area contributed by atoms with Gasteiger partial charge in [0.05, 0.1) is 5.92 Å². The molecule has 0 saturated carbocycles. The zero-order valence-corrected chi connectivity index (χ0v) is 9.62. The lowest BCUT2D eigenvalue weighted by Gasteiger charge is -2.11. The Morgan fingerprint density at radius 2 is 2.12 bits per heavy atom. The maximum atomic E-state index is 11.5. The monoisotopic (exact) mass is 227 g/mol. The van der Waals surface area contributed by atoms with Crippen LogP contribution in [0.1, 0.15) is 33.1 Å². The standard InChI is InChI=1S/C11H17NO4/c1-7(6-8(2)13)10(14)16-11(15)9-4-3-5-12-9/h7,9,12H,3-6H2,1-2H3/t7?,9-/m0/s1. The van der Waals surface area contributed by atoms with Crippen LogP contribution < -0.4 is 5.32 Å². The molecule has 5 heteroatoms. The van der Waals surface area contributed by atoms with Crippen molar-refractivity contribution in [1.82, 2.24) is 5.32 Å². The van der Waals surface area contributed by atoms with E-state index in [0.29, 0.717) is 6.42 Å². The molecule has 1 fully saturated rings. The van der Waals surface area contributed by atoms with E-state index in [1.165, 1.54) is 6.92 Å². The van der Waals surface area contributed by atoms with Crippen molar-refractivity contribution in [3.63, 3.8) is 0 Å². The molecule has 0 aromatic rings. The van der Waals surface area contributed by atoms with Crippen LogP contribution in [-0.2, 0) is 19.1 Å². The summed E-state index contributed by atoms with van der Waals surface area (Å²) in [6.45, 7) is 3.76. The third kappa shape index (κ3) is 3.73. The van der Waals surface area contributed by atoms with E-state index in [-0.39, 0.29) is 18.2 Å². The lowest BCUT2D eigenvalue weighted by Crippen LogP contribution is -2.35. The quantitative estimate of drug-likeness (QED) is 0.556. The number of nitrogens with one attached hydrogen (secondary N) is 1. The Kier molecular flexibility index (Phi) is 4.61. The number of carbonyl (C=O) groups excluding carboxylic acids is 3. The van der Waals surface area contributed by atoms with E-state index in [4.69, 9.17) is 4.74 Å². The molecule has 5 nitrogen and oxygen atoms in total. The van der Waals surface area contributed by atoms with Crippen LogP contribution in [0, 0.1) is 5.92 Å². The fourth-order valence-electron chi connectivity index (χ4n) is 1.67. The molecule has 1 aliphatic rings. The van der Waals surface area contributed by atoms with Crippen LogP contribution in [-0.4, -0.2) is 30.3 Å². The highest BCUT2D eigenvalue weighted by molar-refractivity contribution is 5.91. The minimum atomic E-state index is -0.617. The first-order valence-corrected chi connectivity index (χ1v) is 5.49. The number of rotatable bonds is 4. The highest BCUT2D eigenvalue weighted by Crippen LogP contribution is 2.10. The summed E-state index contributed by atoms with van der Waals surface area (Å²) in [5, 5.41) is 2.95. The normalized spacial score (nSPS) is 21.5. The van der Waals surface area contributed by atoms with E-state index >= 15 is 0 Å². The largest absolute Gasteiger partial charge is 0.392 e. The third-order valence-electron chi connectivity index (χ3n) is 2.54. The van der Waals surface area contributed by atoms with Gasteiger partial charge in [0.1, 0.15) is 11.8 Å². The fourth-order valence-corrected chi connectivity index (χ4v) is 1.67. The summed E-state index contributed by atoms with van der Waals surface area (Å²) >= 11 is 0. The van der Waals surface area contributed by atoms with Gasteiger partial charge in [-0.1, -0.05) is 6.92 Å². The van der Waals surface area contributed by atoms with Crippen molar-refractivity contribution in [3.05, 3.63) is 0 Å². The van der Waals surface area contributed by atoms with E-state index in [9.17, 15) is 14.4 Å². The predicted molar refractivity (Wildman–Crippen MR) is 56.6 cm³/mol. The van der Waals surface area contributed by atoms with E-state index in [1.54, 1.807) is 6.92 Å². The van der Waals surface area contributed by atoms with Gasteiger partial charge in [0.15, 0.2) is 0 Å². The lowest BCUT2D eigenvalue weighted by atomic mass is 10.1. The molecular weight excluding hydrogens is 210 g/mol. The number of esters is 2. The summed E-state index contributed by atoms with van der Waals surface area (Å²) < 4.78 is 4.70. The van der Waals surface area contributed by atoms with Gasteiger partial charge in [-0.25, -0.2) is 4.79 Å². The first-order chi connectivity index (χ1) is 7.50. The Bertz CT molecular complexity index is 294. The van der Waals surface area contributed by atoms with Crippen LogP contribution >= 0.6 is 0 Å². The van der Waals surface area contributed by atoms with Gasteiger partial charge < -0.3 is 14.8 Å². The minimum Gasteiger partial charge on any atom is -0.392 e. The highest BCUT2D eigenvalue weighted by atomic mass is 16.6. The van der Waals surface area contributed by atoms with Gasteiger partial charge in [-0.05, 0) is 26.3 Å². The molecule has 2 atom stereocenters. The second-order valence-electron chi connectivity index (χ2n) is 4.20.